The lowest BCUT2D eigenvalue weighted by atomic mass is 9.74. The van der Waals surface area contributed by atoms with Gasteiger partial charge in [0.2, 0.25) is 0 Å². The molecular formula is C28H29F2N5O3. The zero-order valence-electron chi connectivity index (χ0n) is 21.1. The summed E-state index contributed by atoms with van der Waals surface area (Å²) in [5, 5.41) is 21.8. The van der Waals surface area contributed by atoms with Gasteiger partial charge in [-0.05, 0) is 73.1 Å². The molecule has 0 spiro atoms. The van der Waals surface area contributed by atoms with Gasteiger partial charge in [0.05, 0.1) is 42.6 Å². The minimum atomic E-state index is -0.876. The van der Waals surface area contributed by atoms with Crippen LogP contribution in [-0.4, -0.2) is 39.7 Å². The highest BCUT2D eigenvalue weighted by atomic mass is 19.1. The lowest BCUT2D eigenvalue weighted by Gasteiger charge is -2.39. The molecule has 1 amide bonds. The van der Waals surface area contributed by atoms with Crippen molar-refractivity contribution in [3.8, 4) is 23.1 Å². The first-order valence-corrected chi connectivity index (χ1v) is 12.3. The summed E-state index contributed by atoms with van der Waals surface area (Å²) in [7, 11) is 0. The molecule has 4 rings (SSSR count). The van der Waals surface area contributed by atoms with Gasteiger partial charge >= 0.3 is 0 Å². The number of amides is 1. The predicted octanol–water partition coefficient (Wildman–Crippen LogP) is 4.83. The minimum Gasteiger partial charge on any atom is -0.507 e. The molecule has 38 heavy (non-hydrogen) atoms. The van der Waals surface area contributed by atoms with Crippen LogP contribution in [0, 0.1) is 35.8 Å². The number of nitrogens with two attached hydrogens (primary N) is 1. The van der Waals surface area contributed by atoms with Gasteiger partial charge in [-0.3, -0.25) is 9.78 Å². The quantitative estimate of drug-likeness (QED) is 0.379. The van der Waals surface area contributed by atoms with Gasteiger partial charge in [-0.2, -0.15) is 5.26 Å². The molecule has 198 valence electrons. The Labute approximate surface area is 219 Å². The summed E-state index contributed by atoms with van der Waals surface area (Å²) in [6, 6.07) is 8.28. The molecule has 10 heteroatoms. The Morgan fingerprint density at radius 3 is 2.76 bits per heavy atom. The Kier molecular flexibility index (Phi) is 8.29. The number of benzene rings is 1. The van der Waals surface area contributed by atoms with Crippen molar-refractivity contribution in [2.45, 2.75) is 51.2 Å². The third kappa shape index (κ3) is 5.79. The molecule has 3 aromatic rings. The molecule has 1 aromatic carbocycles. The largest absolute Gasteiger partial charge is 0.507 e. The van der Waals surface area contributed by atoms with Crippen molar-refractivity contribution >= 4 is 11.6 Å². The van der Waals surface area contributed by atoms with Crippen molar-refractivity contribution in [1.82, 2.24) is 9.97 Å². The van der Waals surface area contributed by atoms with E-state index in [-0.39, 0.29) is 29.7 Å². The molecule has 1 saturated carbocycles. The van der Waals surface area contributed by atoms with Crippen LogP contribution >= 0.6 is 0 Å². The van der Waals surface area contributed by atoms with Crippen LogP contribution in [0.5, 0.6) is 5.75 Å². The summed E-state index contributed by atoms with van der Waals surface area (Å²) >= 11 is 0. The Hall–Kier alpha value is -3.94. The standard InChI is InChI=1S/C28H29F2N5O3/c1-15-10-20(30)25(24(36)11-15)26-19(29)4-5-22(34-26)28(37)35-23-14-33-8-6-18(23)17-12-16(2)27(21(32)13-17)38-9-3-7-31/h4-6,8,10-11,14,16-17,21,27,36H,3,9,12-13,32H2,1-2H3,(H,35,37). The summed E-state index contributed by atoms with van der Waals surface area (Å²) in [5.41, 5.74) is 7.16. The van der Waals surface area contributed by atoms with E-state index in [0.29, 0.717) is 30.7 Å². The van der Waals surface area contributed by atoms with Crippen LogP contribution in [-0.2, 0) is 4.74 Å². The number of carbonyl (C=O) groups is 1. The fourth-order valence-electron chi connectivity index (χ4n) is 5.10. The van der Waals surface area contributed by atoms with Gasteiger partial charge < -0.3 is 20.9 Å². The lowest BCUT2D eigenvalue weighted by Crippen LogP contribution is -2.46. The smallest absolute Gasteiger partial charge is 0.274 e. The van der Waals surface area contributed by atoms with Gasteiger partial charge in [0.25, 0.3) is 5.91 Å². The molecule has 1 fully saturated rings. The highest BCUT2D eigenvalue weighted by molar-refractivity contribution is 6.03. The summed E-state index contributed by atoms with van der Waals surface area (Å²) in [6.45, 7) is 3.97. The average Bonchev–Trinajstić information content (AvgIpc) is 2.86. The maximum absolute atomic E-state index is 14.6. The molecule has 1 aliphatic carbocycles. The zero-order valence-corrected chi connectivity index (χ0v) is 21.1. The van der Waals surface area contributed by atoms with E-state index in [4.69, 9.17) is 15.7 Å². The first-order valence-electron chi connectivity index (χ1n) is 12.3. The van der Waals surface area contributed by atoms with E-state index < -0.39 is 34.5 Å². The van der Waals surface area contributed by atoms with E-state index >= 15 is 0 Å². The van der Waals surface area contributed by atoms with Gasteiger partial charge in [-0.15, -0.1) is 0 Å². The van der Waals surface area contributed by atoms with Gasteiger partial charge in [0.15, 0.2) is 0 Å². The number of aromatic hydroxyl groups is 1. The monoisotopic (exact) mass is 521 g/mol. The minimum absolute atomic E-state index is 0.0180. The number of phenolic OH excluding ortho intramolecular Hbond substituents is 1. The molecule has 4 N–H and O–H groups in total. The van der Waals surface area contributed by atoms with E-state index in [1.165, 1.54) is 18.3 Å². The van der Waals surface area contributed by atoms with Crippen molar-refractivity contribution in [1.29, 1.82) is 5.26 Å². The number of nitrogens with zero attached hydrogens (tertiary/aromatic N) is 3. The maximum Gasteiger partial charge on any atom is 0.274 e. The molecule has 0 bridgehead atoms. The number of hydrogen-bond acceptors (Lipinski definition) is 7. The summed E-state index contributed by atoms with van der Waals surface area (Å²) in [4.78, 5) is 21.3. The predicted molar refractivity (Wildman–Crippen MR) is 137 cm³/mol. The Morgan fingerprint density at radius 2 is 2.05 bits per heavy atom. The number of aromatic nitrogens is 2. The van der Waals surface area contributed by atoms with Gasteiger partial charge in [0.1, 0.15) is 28.8 Å². The summed E-state index contributed by atoms with van der Waals surface area (Å²) in [6.07, 6.45) is 4.65. The number of nitrogens with one attached hydrogen (secondary N) is 1. The molecule has 4 unspecified atom stereocenters. The van der Waals surface area contributed by atoms with Crippen LogP contribution in [0.4, 0.5) is 14.5 Å². The average molecular weight is 522 g/mol. The molecule has 8 nitrogen and oxygen atoms in total. The van der Waals surface area contributed by atoms with Crippen molar-refractivity contribution in [2.75, 3.05) is 11.9 Å². The normalized spacial score (nSPS) is 21.1. The number of hydrogen-bond donors (Lipinski definition) is 3. The number of aryl methyl sites for hydroxylation is 1. The fourth-order valence-corrected chi connectivity index (χ4v) is 5.10. The first-order chi connectivity index (χ1) is 18.2. The third-order valence-electron chi connectivity index (χ3n) is 6.79. The summed E-state index contributed by atoms with van der Waals surface area (Å²) in [5.74, 6) is -2.70. The van der Waals surface area contributed by atoms with Crippen LogP contribution in [0.15, 0.2) is 42.7 Å². The Morgan fingerprint density at radius 1 is 1.26 bits per heavy atom. The Balaban J connectivity index is 1.56. The number of anilines is 1. The second-order valence-electron chi connectivity index (χ2n) is 9.64. The van der Waals surface area contributed by atoms with Crippen molar-refractivity contribution in [3.05, 3.63) is 71.2 Å². The maximum atomic E-state index is 14.6. The number of rotatable bonds is 7. The number of ether oxygens (including phenoxy) is 1. The molecular weight excluding hydrogens is 492 g/mol. The van der Waals surface area contributed by atoms with Gasteiger partial charge in [-0.25, -0.2) is 13.8 Å². The molecule has 2 heterocycles. The SMILES string of the molecule is Cc1cc(O)c(-c2nc(C(=O)Nc3cnccc3C3CC(C)C(OCCC#N)C(N)C3)ccc2F)c(F)c1. The van der Waals surface area contributed by atoms with Crippen LogP contribution < -0.4 is 11.1 Å². The third-order valence-corrected chi connectivity index (χ3v) is 6.79. The van der Waals surface area contributed by atoms with Gasteiger partial charge in [0, 0.05) is 12.2 Å². The lowest BCUT2D eigenvalue weighted by molar-refractivity contribution is -0.0198. The molecule has 1 aliphatic rings. The van der Waals surface area contributed by atoms with E-state index in [1.54, 1.807) is 13.1 Å². The number of carbonyl (C=O) groups excluding carboxylic acids is 1. The van der Waals surface area contributed by atoms with Crippen LogP contribution in [0.1, 0.15) is 53.7 Å². The Bertz CT molecular complexity index is 1340. The topological polar surface area (TPSA) is 134 Å². The molecule has 0 aliphatic heterocycles. The van der Waals surface area contributed by atoms with E-state index in [9.17, 15) is 18.7 Å². The number of halogens is 2. The van der Waals surface area contributed by atoms with E-state index in [0.717, 1.165) is 24.1 Å². The number of nitriles is 1. The van der Waals surface area contributed by atoms with Crippen LogP contribution in [0.25, 0.3) is 11.3 Å². The highest BCUT2D eigenvalue weighted by Crippen LogP contribution is 2.40. The van der Waals surface area contributed by atoms with Gasteiger partial charge in [-0.1, -0.05) is 6.92 Å². The summed E-state index contributed by atoms with van der Waals surface area (Å²) < 4.78 is 35.0. The second-order valence-corrected chi connectivity index (χ2v) is 9.64. The second kappa shape index (κ2) is 11.6. The van der Waals surface area contributed by atoms with E-state index in [1.807, 2.05) is 13.0 Å². The van der Waals surface area contributed by atoms with Crippen molar-refractivity contribution in [3.63, 3.8) is 0 Å². The number of phenols is 1. The van der Waals surface area contributed by atoms with E-state index in [2.05, 4.69) is 21.4 Å². The number of pyridine rings is 2. The van der Waals surface area contributed by atoms with Crippen LogP contribution in [0.2, 0.25) is 0 Å². The molecule has 4 atom stereocenters. The van der Waals surface area contributed by atoms with Crippen molar-refractivity contribution in [2.24, 2.45) is 11.7 Å². The molecule has 0 radical (unpaired) electrons. The zero-order chi connectivity index (χ0) is 27.4. The molecule has 2 aromatic heterocycles. The fraction of sp³-hybridized carbons (Fsp3) is 0.357. The molecule has 0 saturated heterocycles. The first kappa shape index (κ1) is 27.1. The van der Waals surface area contributed by atoms with Crippen molar-refractivity contribution < 1.29 is 23.4 Å². The van der Waals surface area contributed by atoms with Crippen LogP contribution in [0.3, 0.4) is 0 Å². The highest BCUT2D eigenvalue weighted by Gasteiger charge is 2.36.